The van der Waals surface area contributed by atoms with Crippen LogP contribution in [0.2, 0.25) is 0 Å². The maximum absolute atomic E-state index is 11.6. The van der Waals surface area contributed by atoms with Crippen LogP contribution in [-0.2, 0) is 9.47 Å². The number of hydrogen-bond acceptors (Lipinski definition) is 5. The normalized spacial score (nSPS) is 10.3. The van der Waals surface area contributed by atoms with Crippen molar-refractivity contribution in [3.05, 3.63) is 29.7 Å². The van der Waals surface area contributed by atoms with Gasteiger partial charge in [-0.1, -0.05) is 0 Å². The van der Waals surface area contributed by atoms with Gasteiger partial charge in [-0.15, -0.1) is 0 Å². The van der Waals surface area contributed by atoms with Crippen molar-refractivity contribution in [2.45, 2.75) is 6.92 Å². The molecule has 0 saturated heterocycles. The standard InChI is InChI=1S/C12H15NO4/c1-4-17-6-5-9-8-13-11(15-2)7-10(9)12(14)16-3/h5-8H,4H2,1-3H3/b6-5+. The van der Waals surface area contributed by atoms with Gasteiger partial charge in [0.25, 0.3) is 0 Å². The fourth-order valence-electron chi connectivity index (χ4n) is 1.20. The molecule has 1 aromatic heterocycles. The molecule has 0 radical (unpaired) electrons. The smallest absolute Gasteiger partial charge is 0.338 e. The molecule has 5 heteroatoms. The van der Waals surface area contributed by atoms with E-state index in [1.54, 1.807) is 6.08 Å². The maximum Gasteiger partial charge on any atom is 0.338 e. The van der Waals surface area contributed by atoms with Crippen molar-refractivity contribution in [3.63, 3.8) is 0 Å². The van der Waals surface area contributed by atoms with Gasteiger partial charge in [-0.3, -0.25) is 0 Å². The molecule has 5 nitrogen and oxygen atoms in total. The van der Waals surface area contributed by atoms with Crippen molar-refractivity contribution in [1.29, 1.82) is 0 Å². The monoisotopic (exact) mass is 237 g/mol. The van der Waals surface area contributed by atoms with Crippen molar-refractivity contribution in [2.24, 2.45) is 0 Å². The first-order chi connectivity index (χ1) is 8.22. The van der Waals surface area contributed by atoms with Gasteiger partial charge in [0.2, 0.25) is 5.88 Å². The Morgan fingerprint density at radius 1 is 1.47 bits per heavy atom. The number of carbonyl (C=O) groups is 1. The molecule has 1 aromatic rings. The quantitative estimate of drug-likeness (QED) is 0.578. The second kappa shape index (κ2) is 6.52. The van der Waals surface area contributed by atoms with E-state index >= 15 is 0 Å². The van der Waals surface area contributed by atoms with E-state index in [-0.39, 0.29) is 0 Å². The molecular formula is C12H15NO4. The predicted molar refractivity (Wildman–Crippen MR) is 62.8 cm³/mol. The highest BCUT2D eigenvalue weighted by molar-refractivity contribution is 5.93. The van der Waals surface area contributed by atoms with Gasteiger partial charge < -0.3 is 14.2 Å². The lowest BCUT2D eigenvalue weighted by Crippen LogP contribution is -2.05. The summed E-state index contributed by atoms with van der Waals surface area (Å²) in [5, 5.41) is 0. The Balaban J connectivity index is 3.06. The topological polar surface area (TPSA) is 57.7 Å². The SMILES string of the molecule is CCO/C=C/c1cnc(OC)cc1C(=O)OC. The third-order valence-corrected chi connectivity index (χ3v) is 2.03. The van der Waals surface area contributed by atoms with Crippen molar-refractivity contribution < 1.29 is 19.0 Å². The van der Waals surface area contributed by atoms with Crippen LogP contribution in [0.15, 0.2) is 18.5 Å². The molecule has 0 aliphatic carbocycles. The van der Waals surface area contributed by atoms with E-state index in [1.807, 2.05) is 6.92 Å². The van der Waals surface area contributed by atoms with Crippen LogP contribution in [0.5, 0.6) is 5.88 Å². The van der Waals surface area contributed by atoms with Crippen LogP contribution < -0.4 is 4.74 Å². The van der Waals surface area contributed by atoms with Crippen molar-refractivity contribution in [3.8, 4) is 5.88 Å². The summed E-state index contributed by atoms with van der Waals surface area (Å²) < 4.78 is 14.7. The lowest BCUT2D eigenvalue weighted by Gasteiger charge is -2.06. The van der Waals surface area contributed by atoms with Crippen LogP contribution >= 0.6 is 0 Å². The molecule has 0 aliphatic heterocycles. The van der Waals surface area contributed by atoms with Gasteiger partial charge in [0.1, 0.15) is 0 Å². The Hall–Kier alpha value is -2.04. The molecule has 0 atom stereocenters. The summed E-state index contributed by atoms with van der Waals surface area (Å²) in [6.45, 7) is 2.44. The molecule has 0 amide bonds. The molecule has 0 aliphatic rings. The minimum atomic E-state index is -0.443. The number of aromatic nitrogens is 1. The summed E-state index contributed by atoms with van der Waals surface area (Å²) in [5.74, 6) is -0.0826. The molecule has 92 valence electrons. The molecule has 0 fully saturated rings. The van der Waals surface area contributed by atoms with Gasteiger partial charge in [-0.25, -0.2) is 9.78 Å². The molecule has 0 N–H and O–H groups in total. The third-order valence-electron chi connectivity index (χ3n) is 2.03. The molecule has 0 bridgehead atoms. The van der Waals surface area contributed by atoms with Crippen LogP contribution in [0.3, 0.4) is 0 Å². The number of carbonyl (C=O) groups excluding carboxylic acids is 1. The highest BCUT2D eigenvalue weighted by atomic mass is 16.5. The fraction of sp³-hybridized carbons (Fsp3) is 0.333. The van der Waals surface area contributed by atoms with E-state index in [4.69, 9.17) is 9.47 Å². The van der Waals surface area contributed by atoms with Crippen LogP contribution in [0, 0.1) is 0 Å². The van der Waals surface area contributed by atoms with E-state index in [2.05, 4.69) is 9.72 Å². The van der Waals surface area contributed by atoms with Gasteiger partial charge in [0, 0.05) is 17.8 Å². The first-order valence-corrected chi connectivity index (χ1v) is 5.13. The summed E-state index contributed by atoms with van der Waals surface area (Å²) in [4.78, 5) is 15.6. The Bertz CT molecular complexity index is 415. The lowest BCUT2D eigenvalue weighted by molar-refractivity contribution is 0.0600. The fourth-order valence-corrected chi connectivity index (χ4v) is 1.20. The van der Waals surface area contributed by atoms with Crippen LogP contribution in [0.1, 0.15) is 22.8 Å². The summed E-state index contributed by atoms with van der Waals surface area (Å²) in [7, 11) is 2.81. The predicted octanol–water partition coefficient (Wildman–Crippen LogP) is 1.88. The van der Waals surface area contributed by atoms with Crippen molar-refractivity contribution >= 4 is 12.0 Å². The average molecular weight is 237 g/mol. The van der Waals surface area contributed by atoms with Crippen LogP contribution in [0.25, 0.3) is 6.08 Å². The lowest BCUT2D eigenvalue weighted by atomic mass is 10.1. The minimum Gasteiger partial charge on any atom is -0.501 e. The van der Waals surface area contributed by atoms with Gasteiger partial charge >= 0.3 is 5.97 Å². The maximum atomic E-state index is 11.6. The summed E-state index contributed by atoms with van der Waals surface area (Å²) in [6.07, 6.45) is 4.69. The van der Waals surface area contributed by atoms with E-state index in [0.29, 0.717) is 23.6 Å². The Morgan fingerprint density at radius 3 is 2.82 bits per heavy atom. The number of hydrogen-bond donors (Lipinski definition) is 0. The highest BCUT2D eigenvalue weighted by Gasteiger charge is 2.12. The Kier molecular flexibility index (Phi) is 5.00. The summed E-state index contributed by atoms with van der Waals surface area (Å²) in [5.41, 5.74) is 1.00. The van der Waals surface area contributed by atoms with Crippen molar-refractivity contribution in [1.82, 2.24) is 4.98 Å². The zero-order valence-corrected chi connectivity index (χ0v) is 10.1. The minimum absolute atomic E-state index is 0.360. The number of rotatable bonds is 5. The second-order valence-corrected chi connectivity index (χ2v) is 3.06. The molecule has 1 heterocycles. The zero-order valence-electron chi connectivity index (χ0n) is 10.1. The van der Waals surface area contributed by atoms with Crippen LogP contribution in [-0.4, -0.2) is 31.8 Å². The highest BCUT2D eigenvalue weighted by Crippen LogP contribution is 2.16. The van der Waals surface area contributed by atoms with Gasteiger partial charge in [0.05, 0.1) is 32.7 Å². The zero-order chi connectivity index (χ0) is 12.7. The Morgan fingerprint density at radius 2 is 2.24 bits per heavy atom. The van der Waals surface area contributed by atoms with Gasteiger partial charge in [0.15, 0.2) is 0 Å². The molecule has 17 heavy (non-hydrogen) atoms. The number of methoxy groups -OCH3 is 2. The van der Waals surface area contributed by atoms with E-state index in [1.165, 1.54) is 32.7 Å². The molecule has 0 spiro atoms. The molecular weight excluding hydrogens is 222 g/mol. The van der Waals surface area contributed by atoms with Gasteiger partial charge in [-0.05, 0) is 13.0 Å². The number of pyridine rings is 1. The molecule has 0 unspecified atom stereocenters. The Labute approximate surface area is 100 Å². The van der Waals surface area contributed by atoms with Crippen molar-refractivity contribution in [2.75, 3.05) is 20.8 Å². The second-order valence-electron chi connectivity index (χ2n) is 3.06. The number of ether oxygens (including phenoxy) is 3. The molecule has 1 rings (SSSR count). The first kappa shape index (κ1) is 13.0. The van der Waals surface area contributed by atoms with E-state index < -0.39 is 5.97 Å². The van der Waals surface area contributed by atoms with E-state index in [0.717, 1.165) is 0 Å². The molecule has 0 aromatic carbocycles. The molecule has 0 saturated carbocycles. The third kappa shape index (κ3) is 3.48. The number of nitrogens with zero attached hydrogens (tertiary/aromatic N) is 1. The summed E-state index contributed by atoms with van der Waals surface area (Å²) in [6, 6.07) is 1.53. The van der Waals surface area contributed by atoms with Gasteiger partial charge in [-0.2, -0.15) is 0 Å². The summed E-state index contributed by atoms with van der Waals surface area (Å²) >= 11 is 0. The van der Waals surface area contributed by atoms with E-state index in [9.17, 15) is 4.79 Å². The largest absolute Gasteiger partial charge is 0.501 e. The first-order valence-electron chi connectivity index (χ1n) is 5.13. The number of esters is 1. The average Bonchev–Trinajstić information content (AvgIpc) is 2.38. The van der Waals surface area contributed by atoms with Crippen LogP contribution in [0.4, 0.5) is 0 Å².